The fraction of sp³-hybridized carbons (Fsp3) is 0.647. The molecule has 1 heterocycles. The number of benzene rings is 1. The molecule has 7 atom stereocenters. The van der Waals surface area contributed by atoms with Crippen molar-refractivity contribution in [2.45, 2.75) is 43.0 Å². The summed E-state index contributed by atoms with van der Waals surface area (Å²) in [6, 6.07) is 4.65. The van der Waals surface area contributed by atoms with Crippen LogP contribution in [0.2, 0.25) is 0 Å². The van der Waals surface area contributed by atoms with Gasteiger partial charge in [0.2, 0.25) is 0 Å². The lowest BCUT2D eigenvalue weighted by atomic mass is 9.80. The molecule has 1 saturated carbocycles. The number of hydrogen-bond acceptors (Lipinski definition) is 8. The Kier molecular flexibility index (Phi) is 5.47. The monoisotopic (exact) mass is 356 g/mol. The number of fused-ring (bicyclic) bond motifs is 1. The number of hydrogen-bond donors (Lipinski definition) is 5. The van der Waals surface area contributed by atoms with E-state index < -0.39 is 42.5 Å². The van der Waals surface area contributed by atoms with Crippen molar-refractivity contribution in [1.82, 2.24) is 0 Å². The van der Waals surface area contributed by atoms with Crippen molar-refractivity contribution in [3.8, 4) is 11.5 Å². The van der Waals surface area contributed by atoms with Crippen LogP contribution < -0.4 is 4.74 Å². The number of phenols is 1. The van der Waals surface area contributed by atoms with Crippen molar-refractivity contribution in [1.29, 1.82) is 0 Å². The average Bonchev–Trinajstić information content (AvgIpc) is 2.64. The molecule has 0 aromatic heterocycles. The molecule has 3 rings (SSSR count). The number of phenolic OH excluding ortho intramolecular Hbond substituents is 1. The van der Waals surface area contributed by atoms with Gasteiger partial charge in [0.05, 0.1) is 25.9 Å². The Hall–Kier alpha value is -1.42. The van der Waals surface area contributed by atoms with Gasteiger partial charge in [-0.15, -0.1) is 0 Å². The molecule has 1 aliphatic carbocycles. The summed E-state index contributed by atoms with van der Waals surface area (Å²) in [6.45, 7) is -0.577. The lowest BCUT2D eigenvalue weighted by Crippen LogP contribution is -2.60. The second-order valence-electron chi connectivity index (χ2n) is 6.51. The molecule has 8 heteroatoms. The highest BCUT2D eigenvalue weighted by molar-refractivity contribution is 5.42. The third-order valence-electron chi connectivity index (χ3n) is 5.01. The number of aliphatic hydroxyl groups is 4. The number of methoxy groups -OCH3 is 1. The Morgan fingerprint density at radius 1 is 1.12 bits per heavy atom. The van der Waals surface area contributed by atoms with Gasteiger partial charge in [-0.05, 0) is 24.1 Å². The van der Waals surface area contributed by atoms with Gasteiger partial charge >= 0.3 is 0 Å². The number of rotatable bonds is 4. The minimum Gasteiger partial charge on any atom is -0.504 e. The molecule has 5 N–H and O–H groups in total. The van der Waals surface area contributed by atoms with E-state index in [0.717, 1.165) is 0 Å². The molecular weight excluding hydrogens is 332 g/mol. The summed E-state index contributed by atoms with van der Waals surface area (Å²) >= 11 is 0. The van der Waals surface area contributed by atoms with Gasteiger partial charge < -0.3 is 39.7 Å². The highest BCUT2D eigenvalue weighted by Gasteiger charge is 2.50. The molecule has 25 heavy (non-hydrogen) atoms. The average molecular weight is 356 g/mol. The number of aliphatic hydroxyl groups excluding tert-OH is 4. The standard InChI is InChI=1S/C17H24O8/c1-23-11-4-8(2-3-10(11)20)16-13(7-19)24-12-5-9(6-18)14(21)15(22)17(12)25-16/h2-4,9,12-22H,5-7H2,1H3/t9-,12-,13-,14-,15+,16+,17+/m1/s1. The van der Waals surface area contributed by atoms with Gasteiger partial charge in [0.25, 0.3) is 0 Å². The van der Waals surface area contributed by atoms with Crippen molar-refractivity contribution in [2.75, 3.05) is 20.3 Å². The molecule has 2 aliphatic rings. The van der Waals surface area contributed by atoms with Crippen LogP contribution >= 0.6 is 0 Å². The van der Waals surface area contributed by atoms with Crippen LogP contribution in [0.25, 0.3) is 0 Å². The normalized spacial score (nSPS) is 38.2. The molecule has 8 nitrogen and oxygen atoms in total. The molecule has 0 bridgehead atoms. The van der Waals surface area contributed by atoms with Crippen LogP contribution in [0.1, 0.15) is 18.1 Å². The Morgan fingerprint density at radius 3 is 2.52 bits per heavy atom. The van der Waals surface area contributed by atoms with Gasteiger partial charge in [0.15, 0.2) is 11.5 Å². The van der Waals surface area contributed by atoms with E-state index in [0.29, 0.717) is 12.0 Å². The Morgan fingerprint density at radius 2 is 1.88 bits per heavy atom. The van der Waals surface area contributed by atoms with Crippen molar-refractivity contribution in [3.05, 3.63) is 23.8 Å². The third-order valence-corrected chi connectivity index (χ3v) is 5.01. The van der Waals surface area contributed by atoms with Gasteiger partial charge in [-0.2, -0.15) is 0 Å². The molecule has 1 saturated heterocycles. The van der Waals surface area contributed by atoms with E-state index in [2.05, 4.69) is 0 Å². The zero-order chi connectivity index (χ0) is 18.1. The van der Waals surface area contributed by atoms with E-state index in [1.165, 1.54) is 13.2 Å². The minimum absolute atomic E-state index is 0.0275. The van der Waals surface area contributed by atoms with E-state index in [4.69, 9.17) is 14.2 Å². The molecule has 2 fully saturated rings. The van der Waals surface area contributed by atoms with E-state index in [1.807, 2.05) is 0 Å². The molecule has 1 aromatic carbocycles. The summed E-state index contributed by atoms with van der Waals surface area (Å²) in [5, 5.41) is 49.3. The first-order valence-electron chi connectivity index (χ1n) is 8.25. The predicted octanol–water partition coefficient (Wildman–Crippen LogP) is -0.679. The summed E-state index contributed by atoms with van der Waals surface area (Å²) in [4.78, 5) is 0. The van der Waals surface area contributed by atoms with E-state index in [9.17, 15) is 25.5 Å². The maximum Gasteiger partial charge on any atom is 0.160 e. The first-order chi connectivity index (χ1) is 12.0. The zero-order valence-corrected chi connectivity index (χ0v) is 13.9. The molecule has 0 radical (unpaired) electrons. The van der Waals surface area contributed by atoms with E-state index in [-0.39, 0.29) is 24.7 Å². The SMILES string of the molecule is COc1cc([C@@H]2O[C@@H]3[C@@H](O)[C@H](O)[C@@H](CO)C[C@H]3O[C@@H]2CO)ccc1O. The summed E-state index contributed by atoms with van der Waals surface area (Å²) < 4.78 is 17.0. The summed E-state index contributed by atoms with van der Waals surface area (Å²) in [7, 11) is 1.42. The first-order valence-corrected chi connectivity index (χ1v) is 8.25. The van der Waals surface area contributed by atoms with Crippen LogP contribution in [-0.2, 0) is 9.47 Å². The summed E-state index contributed by atoms with van der Waals surface area (Å²) in [5.41, 5.74) is 0.609. The van der Waals surface area contributed by atoms with Gasteiger partial charge in [-0.1, -0.05) is 6.07 Å². The zero-order valence-electron chi connectivity index (χ0n) is 13.9. The molecule has 0 unspecified atom stereocenters. The lowest BCUT2D eigenvalue weighted by molar-refractivity contribution is -0.285. The van der Waals surface area contributed by atoms with E-state index >= 15 is 0 Å². The topological polar surface area (TPSA) is 129 Å². The molecule has 140 valence electrons. The van der Waals surface area contributed by atoms with Gasteiger partial charge in [0, 0.05) is 12.5 Å². The summed E-state index contributed by atoms with van der Waals surface area (Å²) in [5.74, 6) is -0.283. The third kappa shape index (κ3) is 3.33. The molecule has 0 spiro atoms. The van der Waals surface area contributed by atoms with Crippen LogP contribution in [0.5, 0.6) is 11.5 Å². The molecule has 1 aromatic rings. The second-order valence-corrected chi connectivity index (χ2v) is 6.51. The van der Waals surface area contributed by atoms with Crippen molar-refractivity contribution in [3.63, 3.8) is 0 Å². The molecular formula is C17H24O8. The summed E-state index contributed by atoms with van der Waals surface area (Å²) in [6.07, 6.45) is -4.71. The fourth-order valence-corrected chi connectivity index (χ4v) is 3.60. The van der Waals surface area contributed by atoms with Crippen LogP contribution in [-0.4, -0.2) is 76.4 Å². The Balaban J connectivity index is 1.87. The lowest BCUT2D eigenvalue weighted by Gasteiger charge is -2.48. The van der Waals surface area contributed by atoms with Gasteiger partial charge in [-0.25, -0.2) is 0 Å². The number of ether oxygens (including phenoxy) is 3. The second kappa shape index (κ2) is 7.45. The predicted molar refractivity (Wildman–Crippen MR) is 85.2 cm³/mol. The van der Waals surface area contributed by atoms with Crippen molar-refractivity contribution in [2.24, 2.45) is 5.92 Å². The van der Waals surface area contributed by atoms with Gasteiger partial charge in [-0.3, -0.25) is 0 Å². The van der Waals surface area contributed by atoms with Crippen LogP contribution in [0.15, 0.2) is 18.2 Å². The minimum atomic E-state index is -1.21. The maximum absolute atomic E-state index is 10.3. The van der Waals surface area contributed by atoms with E-state index in [1.54, 1.807) is 12.1 Å². The highest BCUT2D eigenvalue weighted by Crippen LogP contribution is 2.41. The highest BCUT2D eigenvalue weighted by atomic mass is 16.6. The quantitative estimate of drug-likeness (QED) is 0.480. The van der Waals surface area contributed by atoms with Crippen LogP contribution in [0.4, 0.5) is 0 Å². The Labute approximate surface area is 145 Å². The van der Waals surface area contributed by atoms with Crippen LogP contribution in [0.3, 0.4) is 0 Å². The molecule has 0 amide bonds. The Bertz CT molecular complexity index is 594. The first kappa shape index (κ1) is 18.4. The van der Waals surface area contributed by atoms with Crippen molar-refractivity contribution >= 4 is 0 Å². The van der Waals surface area contributed by atoms with Gasteiger partial charge in [0.1, 0.15) is 24.4 Å². The largest absolute Gasteiger partial charge is 0.504 e. The molecule has 1 aliphatic heterocycles. The number of aromatic hydroxyl groups is 1. The fourth-order valence-electron chi connectivity index (χ4n) is 3.60. The maximum atomic E-state index is 10.3. The van der Waals surface area contributed by atoms with Crippen LogP contribution in [0, 0.1) is 5.92 Å². The van der Waals surface area contributed by atoms with Crippen molar-refractivity contribution < 1.29 is 39.7 Å². The smallest absolute Gasteiger partial charge is 0.160 e.